The van der Waals surface area contributed by atoms with Gasteiger partial charge in [0.05, 0.1) is 11.0 Å². The molecule has 1 aliphatic rings. The highest BCUT2D eigenvalue weighted by atomic mass is 16.3. The Hall–Kier alpha value is -4.30. The van der Waals surface area contributed by atoms with Gasteiger partial charge in [0.1, 0.15) is 5.58 Å². The second-order valence-corrected chi connectivity index (χ2v) is 8.94. The lowest BCUT2D eigenvalue weighted by atomic mass is 10.0. The van der Waals surface area contributed by atoms with E-state index in [4.69, 9.17) is 4.42 Å². The zero-order valence-electron chi connectivity index (χ0n) is 17.9. The zero-order valence-corrected chi connectivity index (χ0v) is 17.9. The summed E-state index contributed by atoms with van der Waals surface area (Å²) in [5.74, 6) is 0. The average molecular weight is 421 g/mol. The summed E-state index contributed by atoms with van der Waals surface area (Å²) < 4.78 is 8.95. The Kier molecular flexibility index (Phi) is 3.22. The highest BCUT2D eigenvalue weighted by Crippen LogP contribution is 2.47. The van der Waals surface area contributed by atoms with E-state index in [0.717, 1.165) is 39.6 Å². The number of furan rings is 1. The fourth-order valence-electron chi connectivity index (χ4n) is 5.82. The highest BCUT2D eigenvalue weighted by Gasteiger charge is 2.26. The average Bonchev–Trinajstić information content (AvgIpc) is 3.53. The molecule has 8 rings (SSSR count). The molecule has 0 unspecified atom stereocenters. The number of rotatable bonds is 1. The molecule has 0 radical (unpaired) electrons. The lowest BCUT2D eigenvalue weighted by Gasteiger charge is -2.11. The summed E-state index contributed by atoms with van der Waals surface area (Å²) in [6.07, 6.45) is 0.984. The lowest BCUT2D eigenvalue weighted by molar-refractivity contribution is 0.671. The maximum absolute atomic E-state index is 6.53. The number of para-hydroxylation sites is 2. The normalized spacial score (nSPS) is 12.7. The van der Waals surface area contributed by atoms with E-state index in [1.54, 1.807) is 0 Å². The number of nitrogens with zero attached hydrogens (tertiary/aromatic N) is 1. The summed E-state index contributed by atoms with van der Waals surface area (Å²) in [7, 11) is 0. The van der Waals surface area contributed by atoms with Crippen LogP contribution in [0.15, 0.2) is 108 Å². The van der Waals surface area contributed by atoms with Gasteiger partial charge in [0.2, 0.25) is 0 Å². The fraction of sp³-hybridized carbons (Fsp3) is 0.0323. The second-order valence-electron chi connectivity index (χ2n) is 8.94. The third kappa shape index (κ3) is 2.18. The summed E-state index contributed by atoms with van der Waals surface area (Å²) in [5, 5.41) is 4.82. The largest absolute Gasteiger partial charge is 0.454 e. The minimum absolute atomic E-state index is 0.931. The molecule has 154 valence electrons. The van der Waals surface area contributed by atoms with Gasteiger partial charge < -0.3 is 8.98 Å². The molecule has 1 aliphatic carbocycles. The standard InChI is InChI=1S/C31H19NO/c1-2-9-21(10-3-1)32-29-24(15-14-20-18-19-8-4-5-11-22(19)28(20)29)25-16-17-26-23-12-6-7-13-27(23)33-31(26)30(25)32/h1-17H,18H2. The molecule has 0 saturated heterocycles. The van der Waals surface area contributed by atoms with E-state index >= 15 is 0 Å². The van der Waals surface area contributed by atoms with Crippen LogP contribution in [0.1, 0.15) is 11.1 Å². The van der Waals surface area contributed by atoms with E-state index in [2.05, 4.69) is 102 Å². The Morgan fingerprint density at radius 3 is 2.21 bits per heavy atom. The summed E-state index contributed by atoms with van der Waals surface area (Å²) in [6, 6.07) is 37.0. The summed E-state index contributed by atoms with van der Waals surface area (Å²) in [5.41, 5.74) is 10.9. The molecule has 0 atom stereocenters. The molecule has 2 aromatic heterocycles. The van der Waals surface area contributed by atoms with Gasteiger partial charge in [-0.1, -0.05) is 78.9 Å². The number of hydrogen-bond donors (Lipinski definition) is 0. The quantitative estimate of drug-likeness (QED) is 0.261. The van der Waals surface area contributed by atoms with Crippen molar-refractivity contribution in [3.63, 3.8) is 0 Å². The molecule has 5 aromatic carbocycles. The molecule has 0 N–H and O–H groups in total. The van der Waals surface area contributed by atoms with Crippen LogP contribution in [0.25, 0.3) is 60.6 Å². The minimum atomic E-state index is 0.931. The second kappa shape index (κ2) is 6.14. The summed E-state index contributed by atoms with van der Waals surface area (Å²) in [4.78, 5) is 0. The van der Waals surface area contributed by atoms with E-state index in [9.17, 15) is 0 Å². The molecule has 0 amide bonds. The Labute approximate surface area is 190 Å². The molecule has 0 fully saturated rings. The maximum Gasteiger partial charge on any atom is 0.160 e. The van der Waals surface area contributed by atoms with Crippen molar-refractivity contribution < 1.29 is 4.42 Å². The van der Waals surface area contributed by atoms with Crippen LogP contribution in [0.5, 0.6) is 0 Å². The van der Waals surface area contributed by atoms with Crippen molar-refractivity contribution >= 4 is 43.7 Å². The first kappa shape index (κ1) is 17.3. The molecule has 2 heteroatoms. The molecule has 0 saturated carbocycles. The first-order valence-electron chi connectivity index (χ1n) is 11.4. The van der Waals surface area contributed by atoms with Gasteiger partial charge in [-0.3, -0.25) is 0 Å². The van der Waals surface area contributed by atoms with Crippen LogP contribution >= 0.6 is 0 Å². The fourth-order valence-corrected chi connectivity index (χ4v) is 5.82. The Morgan fingerprint density at radius 1 is 0.545 bits per heavy atom. The number of fused-ring (bicyclic) bond motifs is 11. The van der Waals surface area contributed by atoms with Gasteiger partial charge in [0.25, 0.3) is 0 Å². The molecule has 0 aliphatic heterocycles. The van der Waals surface area contributed by atoms with E-state index in [-0.39, 0.29) is 0 Å². The van der Waals surface area contributed by atoms with Gasteiger partial charge in [0.15, 0.2) is 5.58 Å². The van der Waals surface area contributed by atoms with E-state index in [1.165, 1.54) is 38.5 Å². The van der Waals surface area contributed by atoms with Crippen molar-refractivity contribution in [2.24, 2.45) is 0 Å². The van der Waals surface area contributed by atoms with Crippen LogP contribution in [-0.2, 0) is 6.42 Å². The van der Waals surface area contributed by atoms with E-state index in [0.29, 0.717) is 0 Å². The number of benzene rings is 5. The van der Waals surface area contributed by atoms with Crippen molar-refractivity contribution in [3.8, 4) is 16.8 Å². The smallest absolute Gasteiger partial charge is 0.160 e. The van der Waals surface area contributed by atoms with E-state index in [1.807, 2.05) is 6.07 Å². The predicted octanol–water partition coefficient (Wildman–Crippen LogP) is 8.25. The highest BCUT2D eigenvalue weighted by molar-refractivity contribution is 6.23. The van der Waals surface area contributed by atoms with Crippen LogP contribution in [0, 0.1) is 0 Å². The molecule has 2 nitrogen and oxygen atoms in total. The molecule has 33 heavy (non-hydrogen) atoms. The molecule has 0 bridgehead atoms. The Balaban J connectivity index is 1.66. The van der Waals surface area contributed by atoms with Crippen molar-refractivity contribution in [1.82, 2.24) is 4.57 Å². The van der Waals surface area contributed by atoms with Gasteiger partial charge in [0, 0.05) is 32.8 Å². The van der Waals surface area contributed by atoms with Crippen LogP contribution < -0.4 is 0 Å². The van der Waals surface area contributed by atoms with Crippen LogP contribution in [0.3, 0.4) is 0 Å². The van der Waals surface area contributed by atoms with Gasteiger partial charge in [-0.05, 0) is 47.4 Å². The third-order valence-electron chi connectivity index (χ3n) is 7.20. The van der Waals surface area contributed by atoms with Crippen LogP contribution in [-0.4, -0.2) is 4.57 Å². The maximum atomic E-state index is 6.53. The topological polar surface area (TPSA) is 18.1 Å². The van der Waals surface area contributed by atoms with Crippen molar-refractivity contribution in [1.29, 1.82) is 0 Å². The van der Waals surface area contributed by atoms with Crippen LogP contribution in [0.2, 0.25) is 0 Å². The first-order valence-corrected chi connectivity index (χ1v) is 11.4. The molecular weight excluding hydrogens is 402 g/mol. The predicted molar refractivity (Wildman–Crippen MR) is 136 cm³/mol. The van der Waals surface area contributed by atoms with Crippen molar-refractivity contribution in [3.05, 3.63) is 114 Å². The number of aromatic nitrogens is 1. The van der Waals surface area contributed by atoms with Crippen molar-refractivity contribution in [2.45, 2.75) is 6.42 Å². The molecular formula is C31H19NO. The van der Waals surface area contributed by atoms with Gasteiger partial charge in [-0.15, -0.1) is 0 Å². The SMILES string of the molecule is c1ccc(-n2c3c4c(ccc3c3ccc5c6ccccc6oc5c32)Cc2ccccc2-4)cc1. The lowest BCUT2D eigenvalue weighted by Crippen LogP contribution is -1.95. The van der Waals surface area contributed by atoms with Gasteiger partial charge in [-0.25, -0.2) is 0 Å². The first-order chi connectivity index (χ1) is 16.4. The van der Waals surface area contributed by atoms with Crippen molar-refractivity contribution in [2.75, 3.05) is 0 Å². The molecule has 0 spiro atoms. The monoisotopic (exact) mass is 421 g/mol. The minimum Gasteiger partial charge on any atom is -0.454 e. The summed E-state index contributed by atoms with van der Waals surface area (Å²) in [6.45, 7) is 0. The third-order valence-corrected chi connectivity index (χ3v) is 7.20. The van der Waals surface area contributed by atoms with Crippen LogP contribution in [0.4, 0.5) is 0 Å². The molecule has 2 heterocycles. The van der Waals surface area contributed by atoms with E-state index < -0.39 is 0 Å². The number of hydrogen-bond acceptors (Lipinski definition) is 1. The Bertz CT molecular complexity index is 1890. The van der Waals surface area contributed by atoms with Gasteiger partial charge in [-0.2, -0.15) is 0 Å². The summed E-state index contributed by atoms with van der Waals surface area (Å²) >= 11 is 0. The Morgan fingerprint density at radius 2 is 1.27 bits per heavy atom. The molecule has 7 aromatic rings. The zero-order chi connectivity index (χ0) is 21.5. The van der Waals surface area contributed by atoms with Gasteiger partial charge >= 0.3 is 0 Å².